The molecular formula is C23H18N2O2. The number of amides is 1. The molecule has 4 nitrogen and oxygen atoms in total. The van der Waals surface area contributed by atoms with E-state index in [0.29, 0.717) is 5.56 Å². The van der Waals surface area contributed by atoms with Gasteiger partial charge in [0.15, 0.2) is 0 Å². The maximum atomic E-state index is 12.0. The molecule has 0 aliphatic carbocycles. The van der Waals surface area contributed by atoms with Gasteiger partial charge in [0.2, 0.25) is 0 Å². The molecule has 1 amide bonds. The smallest absolute Gasteiger partial charge is 0.275 e. The van der Waals surface area contributed by atoms with Crippen LogP contribution < -0.4 is 10.8 Å². The lowest BCUT2D eigenvalue weighted by atomic mass is 9.98. The van der Waals surface area contributed by atoms with Gasteiger partial charge in [0.25, 0.3) is 5.91 Å². The van der Waals surface area contributed by atoms with Gasteiger partial charge in [0, 0.05) is 16.9 Å². The summed E-state index contributed by atoms with van der Waals surface area (Å²) in [4.78, 5) is 12.0. The summed E-state index contributed by atoms with van der Waals surface area (Å²) in [6.45, 7) is 0. The fraction of sp³-hybridized carbons (Fsp3) is 0. The maximum Gasteiger partial charge on any atom is 0.275 e. The van der Waals surface area contributed by atoms with Crippen molar-refractivity contribution < 1.29 is 10.0 Å². The lowest BCUT2D eigenvalue weighted by molar-refractivity contribution is 0.0707. The van der Waals surface area contributed by atoms with Crippen LogP contribution in [0.15, 0.2) is 91.0 Å². The third kappa shape index (κ3) is 3.52. The maximum absolute atomic E-state index is 12.0. The van der Waals surface area contributed by atoms with Crippen LogP contribution in [0.1, 0.15) is 10.4 Å². The van der Waals surface area contributed by atoms with Gasteiger partial charge in [-0.15, -0.1) is 0 Å². The van der Waals surface area contributed by atoms with Crippen LogP contribution in [0, 0.1) is 0 Å². The molecule has 0 radical (unpaired) electrons. The van der Waals surface area contributed by atoms with Gasteiger partial charge in [0.05, 0.1) is 0 Å². The Hall–Kier alpha value is -3.63. The van der Waals surface area contributed by atoms with Crippen molar-refractivity contribution in [2.24, 2.45) is 0 Å². The van der Waals surface area contributed by atoms with Crippen molar-refractivity contribution in [2.45, 2.75) is 0 Å². The molecule has 132 valence electrons. The largest absolute Gasteiger partial charge is 0.355 e. The summed E-state index contributed by atoms with van der Waals surface area (Å²) in [5.41, 5.74) is 5.60. The van der Waals surface area contributed by atoms with Crippen LogP contribution in [0.2, 0.25) is 0 Å². The van der Waals surface area contributed by atoms with E-state index in [9.17, 15) is 4.79 Å². The highest BCUT2D eigenvalue weighted by Crippen LogP contribution is 2.29. The van der Waals surface area contributed by atoms with Crippen LogP contribution in [0.5, 0.6) is 0 Å². The monoisotopic (exact) mass is 354 g/mol. The third-order valence-corrected chi connectivity index (χ3v) is 4.49. The highest BCUT2D eigenvalue weighted by Gasteiger charge is 2.13. The molecule has 0 heterocycles. The molecule has 0 spiro atoms. The minimum absolute atomic E-state index is 0.410. The lowest BCUT2D eigenvalue weighted by Crippen LogP contribution is -2.19. The molecule has 0 atom stereocenters. The van der Waals surface area contributed by atoms with Crippen LogP contribution >= 0.6 is 0 Å². The standard InChI is InChI=1S/C23H18N2O2/c26-23(25-27)21-13-12-20(15-22(21)17-7-2-1-3-8-17)24-19-11-10-16-6-4-5-9-18(16)14-19/h1-15,24,27H,(H,25,26). The van der Waals surface area contributed by atoms with Gasteiger partial charge < -0.3 is 5.32 Å². The first-order valence-corrected chi connectivity index (χ1v) is 8.64. The number of hydrogen-bond acceptors (Lipinski definition) is 3. The van der Waals surface area contributed by atoms with Gasteiger partial charge in [-0.05, 0) is 52.2 Å². The van der Waals surface area contributed by atoms with Crippen molar-refractivity contribution in [3.05, 3.63) is 96.6 Å². The predicted octanol–water partition coefficient (Wildman–Crippen LogP) is 5.37. The molecule has 0 fully saturated rings. The van der Waals surface area contributed by atoms with Crippen LogP contribution in [0.3, 0.4) is 0 Å². The Balaban J connectivity index is 1.73. The lowest BCUT2D eigenvalue weighted by Gasteiger charge is -2.13. The molecule has 4 heteroatoms. The summed E-state index contributed by atoms with van der Waals surface area (Å²) in [5, 5.41) is 14.8. The Morgan fingerprint density at radius 1 is 0.704 bits per heavy atom. The Labute approximate surface area is 157 Å². The highest BCUT2D eigenvalue weighted by molar-refractivity contribution is 6.01. The Bertz CT molecular complexity index is 1110. The quantitative estimate of drug-likeness (QED) is 0.341. The van der Waals surface area contributed by atoms with Crippen molar-refractivity contribution in [2.75, 3.05) is 5.32 Å². The SMILES string of the molecule is O=C(NO)c1ccc(Nc2ccc3ccccc3c2)cc1-c1ccccc1. The second kappa shape index (κ2) is 7.32. The van der Waals surface area contributed by atoms with E-state index < -0.39 is 5.91 Å². The first-order valence-electron chi connectivity index (χ1n) is 8.64. The van der Waals surface area contributed by atoms with Crippen LogP contribution in [0.25, 0.3) is 21.9 Å². The van der Waals surface area contributed by atoms with Crippen molar-refractivity contribution in [3.63, 3.8) is 0 Å². The summed E-state index contributed by atoms with van der Waals surface area (Å²) in [5.74, 6) is -0.536. The molecular weight excluding hydrogens is 336 g/mol. The van der Waals surface area contributed by atoms with E-state index in [1.54, 1.807) is 11.5 Å². The van der Waals surface area contributed by atoms with Crippen LogP contribution in [0.4, 0.5) is 11.4 Å². The second-order valence-corrected chi connectivity index (χ2v) is 6.25. The van der Waals surface area contributed by atoms with Gasteiger partial charge in [-0.25, -0.2) is 5.48 Å². The number of rotatable bonds is 4. The van der Waals surface area contributed by atoms with Crippen molar-refractivity contribution in [1.29, 1.82) is 0 Å². The van der Waals surface area contributed by atoms with Gasteiger partial charge >= 0.3 is 0 Å². The van der Waals surface area contributed by atoms with Gasteiger partial charge in [-0.1, -0.05) is 60.7 Å². The molecule has 0 bridgehead atoms. The molecule has 0 aromatic heterocycles. The predicted molar refractivity (Wildman–Crippen MR) is 108 cm³/mol. The Morgan fingerprint density at radius 3 is 2.15 bits per heavy atom. The first-order chi connectivity index (χ1) is 13.2. The molecule has 4 aromatic carbocycles. The van der Waals surface area contributed by atoms with Gasteiger partial charge in [-0.2, -0.15) is 0 Å². The molecule has 0 aliphatic rings. The minimum Gasteiger partial charge on any atom is -0.355 e. The summed E-state index contributed by atoms with van der Waals surface area (Å²) in [6.07, 6.45) is 0. The zero-order chi connectivity index (χ0) is 18.6. The molecule has 0 saturated carbocycles. The van der Waals surface area contributed by atoms with E-state index in [0.717, 1.165) is 27.9 Å². The second-order valence-electron chi connectivity index (χ2n) is 6.25. The zero-order valence-electron chi connectivity index (χ0n) is 14.5. The summed E-state index contributed by atoms with van der Waals surface area (Å²) >= 11 is 0. The van der Waals surface area contributed by atoms with Crippen molar-refractivity contribution >= 4 is 28.1 Å². The van der Waals surface area contributed by atoms with E-state index in [2.05, 4.69) is 29.6 Å². The van der Waals surface area contributed by atoms with Crippen LogP contribution in [-0.4, -0.2) is 11.1 Å². The van der Waals surface area contributed by atoms with E-state index >= 15 is 0 Å². The van der Waals surface area contributed by atoms with E-state index in [1.807, 2.05) is 60.7 Å². The van der Waals surface area contributed by atoms with E-state index in [4.69, 9.17) is 5.21 Å². The number of fused-ring (bicyclic) bond motifs is 1. The van der Waals surface area contributed by atoms with Crippen molar-refractivity contribution in [3.8, 4) is 11.1 Å². The summed E-state index contributed by atoms with van der Waals surface area (Å²) in [6, 6.07) is 29.4. The number of carbonyl (C=O) groups is 1. The number of nitrogens with one attached hydrogen (secondary N) is 2. The average Bonchev–Trinajstić information content (AvgIpc) is 2.73. The topological polar surface area (TPSA) is 61.4 Å². The Morgan fingerprint density at radius 2 is 1.37 bits per heavy atom. The van der Waals surface area contributed by atoms with E-state index in [-0.39, 0.29) is 0 Å². The molecule has 0 aliphatic heterocycles. The molecule has 0 saturated heterocycles. The minimum atomic E-state index is -0.536. The summed E-state index contributed by atoms with van der Waals surface area (Å²) in [7, 11) is 0. The molecule has 27 heavy (non-hydrogen) atoms. The van der Waals surface area contributed by atoms with Gasteiger partial charge in [0.1, 0.15) is 0 Å². The van der Waals surface area contributed by atoms with Crippen molar-refractivity contribution in [1.82, 2.24) is 5.48 Å². The number of carbonyl (C=O) groups excluding carboxylic acids is 1. The Kier molecular flexibility index (Phi) is 4.56. The average molecular weight is 354 g/mol. The van der Waals surface area contributed by atoms with E-state index in [1.165, 1.54) is 5.39 Å². The first kappa shape index (κ1) is 16.8. The fourth-order valence-corrected chi connectivity index (χ4v) is 3.17. The normalized spacial score (nSPS) is 10.6. The highest BCUT2D eigenvalue weighted by atomic mass is 16.5. The molecule has 3 N–H and O–H groups in total. The zero-order valence-corrected chi connectivity index (χ0v) is 14.5. The number of anilines is 2. The molecule has 4 aromatic rings. The number of hydrogen-bond donors (Lipinski definition) is 3. The number of hydroxylamine groups is 1. The molecule has 4 rings (SSSR count). The number of benzene rings is 4. The summed E-state index contributed by atoms with van der Waals surface area (Å²) < 4.78 is 0. The third-order valence-electron chi connectivity index (χ3n) is 4.49. The molecule has 0 unspecified atom stereocenters. The van der Waals surface area contributed by atoms with Crippen LogP contribution in [-0.2, 0) is 0 Å². The van der Waals surface area contributed by atoms with Gasteiger partial charge in [-0.3, -0.25) is 10.0 Å². The fourth-order valence-electron chi connectivity index (χ4n) is 3.17.